The van der Waals surface area contributed by atoms with E-state index in [2.05, 4.69) is 21.3 Å². The average Bonchev–Trinajstić information content (AvgIpc) is 3.52. The molecule has 15 nitrogen and oxygen atoms in total. The van der Waals surface area contributed by atoms with Crippen LogP contribution in [0.1, 0.15) is 73.9 Å². The molecular formula is C47H52N8O7. The Bertz CT molecular complexity index is 2590. The summed E-state index contributed by atoms with van der Waals surface area (Å²) in [5, 5.41) is 13.2. The van der Waals surface area contributed by atoms with Crippen molar-refractivity contribution in [3.05, 3.63) is 146 Å². The quantitative estimate of drug-likeness (QED) is 0.0909. The predicted octanol–water partition coefficient (Wildman–Crippen LogP) is 3.95. The summed E-state index contributed by atoms with van der Waals surface area (Å²) in [7, 11) is 0. The third-order valence-electron chi connectivity index (χ3n) is 11.5. The monoisotopic (exact) mass is 840 g/mol. The number of benzene rings is 4. The predicted molar refractivity (Wildman–Crippen MR) is 235 cm³/mol. The van der Waals surface area contributed by atoms with Gasteiger partial charge in [0.1, 0.15) is 0 Å². The summed E-state index contributed by atoms with van der Waals surface area (Å²) < 4.78 is 3.94. The second kappa shape index (κ2) is 19.6. The van der Waals surface area contributed by atoms with Gasteiger partial charge < -0.3 is 26.2 Å². The van der Waals surface area contributed by atoms with E-state index < -0.39 is 29.4 Å². The molecule has 2 unspecified atom stereocenters. The van der Waals surface area contributed by atoms with Gasteiger partial charge in [0.05, 0.1) is 19.0 Å². The zero-order chi connectivity index (χ0) is 43.8. The van der Waals surface area contributed by atoms with Gasteiger partial charge in [0, 0.05) is 58.7 Å². The molecule has 322 valence electrons. The first-order valence-corrected chi connectivity index (χ1v) is 21.0. The van der Waals surface area contributed by atoms with Crippen molar-refractivity contribution in [3.8, 4) is 0 Å². The molecule has 0 radical (unpaired) electrons. The van der Waals surface area contributed by atoms with Crippen LogP contribution in [-0.4, -0.2) is 68.0 Å². The third kappa shape index (κ3) is 10.3. The highest BCUT2D eigenvalue weighted by atomic mass is 16.2. The second-order valence-electron chi connectivity index (χ2n) is 16.0. The van der Waals surface area contributed by atoms with E-state index in [1.165, 1.54) is 27.8 Å². The van der Waals surface area contributed by atoms with Gasteiger partial charge in [0.15, 0.2) is 6.04 Å². The van der Waals surface area contributed by atoms with Gasteiger partial charge in [-0.3, -0.25) is 24.0 Å². The van der Waals surface area contributed by atoms with Gasteiger partial charge in [-0.25, -0.2) is 23.5 Å². The van der Waals surface area contributed by atoms with Crippen LogP contribution >= 0.6 is 0 Å². The van der Waals surface area contributed by atoms with Crippen molar-refractivity contribution in [3.63, 3.8) is 0 Å². The second-order valence-corrected chi connectivity index (χ2v) is 16.0. The number of nitrogens with one attached hydrogen (secondary N) is 4. The van der Waals surface area contributed by atoms with E-state index in [0.717, 1.165) is 33.0 Å². The first-order valence-electron chi connectivity index (χ1n) is 21.0. The van der Waals surface area contributed by atoms with Gasteiger partial charge in [-0.1, -0.05) is 91.0 Å². The Hall–Kier alpha value is -7.03. The fraction of sp³-hybridized carbons (Fsp3) is 0.340. The molecular weight excluding hydrogens is 789 g/mol. The molecule has 1 aromatic heterocycles. The number of aromatic nitrogens is 3. The number of allylic oxidation sites excluding steroid dienone is 1. The maximum Gasteiger partial charge on any atom is 0.348 e. The van der Waals surface area contributed by atoms with Gasteiger partial charge in [0.25, 0.3) is 0 Å². The smallest absolute Gasteiger partial charge is 0.348 e. The number of carbonyl (C=O) groups excluding carboxylic acids is 5. The Morgan fingerprint density at radius 2 is 1.32 bits per heavy atom. The third-order valence-corrected chi connectivity index (χ3v) is 11.5. The molecule has 4 aromatic carbocycles. The molecule has 62 heavy (non-hydrogen) atoms. The lowest BCUT2D eigenvalue weighted by atomic mass is 9.88. The van der Waals surface area contributed by atoms with E-state index >= 15 is 0 Å². The van der Waals surface area contributed by atoms with Crippen LogP contribution in [0.3, 0.4) is 0 Å². The number of carbonyl (C=O) groups is 5. The molecule has 2 atom stereocenters. The van der Waals surface area contributed by atoms with E-state index in [4.69, 9.17) is 0 Å². The zero-order valence-electron chi connectivity index (χ0n) is 35.0. The minimum Gasteiger partial charge on any atom is -0.356 e. The van der Waals surface area contributed by atoms with E-state index in [1.54, 1.807) is 30.3 Å². The van der Waals surface area contributed by atoms with Crippen LogP contribution in [0.25, 0.3) is 10.8 Å². The molecule has 7 rings (SSSR count). The Kier molecular flexibility index (Phi) is 13.6. The van der Waals surface area contributed by atoms with Crippen molar-refractivity contribution in [2.45, 2.75) is 77.7 Å². The van der Waals surface area contributed by atoms with Crippen LogP contribution in [0, 0.1) is 5.92 Å². The summed E-state index contributed by atoms with van der Waals surface area (Å²) in [6.45, 7) is 4.80. The van der Waals surface area contributed by atoms with Crippen LogP contribution in [0.4, 0.5) is 5.69 Å². The largest absolute Gasteiger partial charge is 0.356 e. The normalized spacial score (nSPS) is 16.1. The molecule has 0 spiro atoms. The molecule has 15 heteroatoms. The fourth-order valence-electron chi connectivity index (χ4n) is 8.28. The molecule has 0 aliphatic carbocycles. The summed E-state index contributed by atoms with van der Waals surface area (Å²) >= 11 is 0. The van der Waals surface area contributed by atoms with Gasteiger partial charge in [0.2, 0.25) is 29.5 Å². The Morgan fingerprint density at radius 1 is 0.677 bits per heavy atom. The van der Waals surface area contributed by atoms with Crippen molar-refractivity contribution < 1.29 is 24.0 Å². The topological polar surface area (TPSA) is 186 Å². The standard InChI is InChI=1S/C47H52N8O7/c1-31(56)49-28-34-12-14-35(15-13-34)29-50-45(60)42-21-20-41(54-46(61)53(47(62)55(42)54)30-38-9-5-8-36-7-3-4-10-40(36)38)37-22-25-52(26-23-37)44(59)11-6-24-48-43(58)27-33-16-18-39(19-17-33)51-32(2)57/h3-5,7-10,12-21,37,41-42H,6,11,22-30H2,1-2H3,(H,48,58)(H,49,56)(H,50,60)(H,51,57). The fourth-order valence-corrected chi connectivity index (χ4v) is 8.28. The maximum atomic E-state index is 14.4. The van der Waals surface area contributed by atoms with E-state index in [9.17, 15) is 33.6 Å². The van der Waals surface area contributed by atoms with Gasteiger partial charge in [-0.05, 0) is 70.3 Å². The molecule has 5 amide bonds. The highest BCUT2D eigenvalue weighted by molar-refractivity contribution is 5.89. The van der Waals surface area contributed by atoms with Crippen molar-refractivity contribution in [1.82, 2.24) is 34.8 Å². The lowest BCUT2D eigenvalue weighted by molar-refractivity contribution is -0.133. The van der Waals surface area contributed by atoms with Crippen LogP contribution in [-0.2, 0) is 50.0 Å². The lowest BCUT2D eigenvalue weighted by Crippen LogP contribution is -2.46. The summed E-state index contributed by atoms with van der Waals surface area (Å²) in [6.07, 6.45) is 5.66. The van der Waals surface area contributed by atoms with Crippen LogP contribution < -0.4 is 32.6 Å². The molecule has 0 saturated carbocycles. The highest BCUT2D eigenvalue weighted by Gasteiger charge is 2.37. The van der Waals surface area contributed by atoms with Crippen LogP contribution in [0.2, 0.25) is 0 Å². The van der Waals surface area contributed by atoms with E-state index in [-0.39, 0.29) is 55.5 Å². The molecule has 5 aromatic rings. The molecule has 3 heterocycles. The van der Waals surface area contributed by atoms with E-state index in [0.29, 0.717) is 51.1 Å². The Labute approximate surface area is 358 Å². The SMILES string of the molecule is CC(=O)NCc1ccc(CNC(=O)C2C=CC(C3CCN(C(=O)CCCNC(=O)Cc4ccc(NC(C)=O)cc4)CC3)n3c(=O)n(Cc4cccc5ccccc45)c(=O)n32)cc1. The van der Waals surface area contributed by atoms with Crippen LogP contribution in [0.5, 0.6) is 0 Å². The number of amides is 5. The van der Waals surface area contributed by atoms with Crippen molar-refractivity contribution >= 4 is 46.0 Å². The summed E-state index contributed by atoms with van der Waals surface area (Å²) in [4.78, 5) is 92.8. The van der Waals surface area contributed by atoms with Crippen LogP contribution in [0.15, 0.2) is 113 Å². The first kappa shape index (κ1) is 43.1. The Balaban J connectivity index is 1.00. The number of hydrogen-bond acceptors (Lipinski definition) is 7. The summed E-state index contributed by atoms with van der Waals surface area (Å²) in [5.41, 5.74) is 2.92. The summed E-state index contributed by atoms with van der Waals surface area (Å²) in [6, 6.07) is 26.5. The van der Waals surface area contributed by atoms with Crippen molar-refractivity contribution in [2.24, 2.45) is 5.92 Å². The molecule has 2 aliphatic rings. The number of likely N-dealkylation sites (tertiary alicyclic amines) is 1. The number of nitrogens with zero attached hydrogens (tertiary/aromatic N) is 4. The number of fused-ring (bicyclic) bond motifs is 2. The number of rotatable bonds is 15. The van der Waals surface area contributed by atoms with Crippen molar-refractivity contribution in [1.29, 1.82) is 0 Å². The molecule has 4 N–H and O–H groups in total. The molecule has 1 saturated heterocycles. The number of piperidine rings is 1. The summed E-state index contributed by atoms with van der Waals surface area (Å²) in [5.74, 6) is -0.986. The zero-order valence-corrected chi connectivity index (χ0v) is 35.0. The highest BCUT2D eigenvalue weighted by Crippen LogP contribution is 2.33. The molecule has 1 fully saturated rings. The van der Waals surface area contributed by atoms with Gasteiger partial charge in [-0.2, -0.15) is 0 Å². The number of hydrogen-bond donors (Lipinski definition) is 4. The minimum atomic E-state index is -1.07. The van der Waals surface area contributed by atoms with Gasteiger partial charge in [-0.15, -0.1) is 0 Å². The average molecular weight is 841 g/mol. The first-order chi connectivity index (χ1) is 29.9. The molecule has 2 aliphatic heterocycles. The van der Waals surface area contributed by atoms with Gasteiger partial charge >= 0.3 is 11.4 Å². The van der Waals surface area contributed by atoms with E-state index in [1.807, 2.05) is 77.7 Å². The lowest BCUT2D eigenvalue weighted by Gasteiger charge is -2.37. The van der Waals surface area contributed by atoms with Crippen molar-refractivity contribution in [2.75, 3.05) is 25.0 Å². The molecule has 0 bridgehead atoms. The maximum absolute atomic E-state index is 14.4. The Morgan fingerprint density at radius 3 is 2.02 bits per heavy atom. The minimum absolute atomic E-state index is 0.0140. The number of anilines is 1.